The Hall–Kier alpha value is -0.610. The van der Waals surface area contributed by atoms with Gasteiger partial charge >= 0.3 is 5.97 Å². The minimum absolute atomic E-state index is 0.139. The van der Waals surface area contributed by atoms with E-state index in [-0.39, 0.29) is 6.61 Å². The van der Waals surface area contributed by atoms with E-state index in [0.717, 1.165) is 38.5 Å². The third-order valence-electron chi connectivity index (χ3n) is 6.74. The molecule has 0 bridgehead atoms. The molecular weight excluding hydrogens is 412 g/mol. The molecule has 33 heavy (non-hydrogen) atoms. The van der Waals surface area contributed by atoms with E-state index in [9.17, 15) is 9.90 Å². The zero-order chi connectivity index (χ0) is 25.2. The SMILES string of the molecule is CC(O)CO.CCCCCCCCC(CCCCCCCC)(CCCCCCCC)C(=O)O. The molecule has 0 radical (unpaired) electrons. The van der Waals surface area contributed by atoms with E-state index in [2.05, 4.69) is 20.8 Å². The first-order chi connectivity index (χ1) is 15.9. The van der Waals surface area contributed by atoms with Gasteiger partial charge in [0.25, 0.3) is 0 Å². The van der Waals surface area contributed by atoms with Gasteiger partial charge < -0.3 is 15.3 Å². The lowest BCUT2D eigenvalue weighted by atomic mass is 9.74. The summed E-state index contributed by atoms with van der Waals surface area (Å²) >= 11 is 0. The van der Waals surface area contributed by atoms with Gasteiger partial charge in [-0.05, 0) is 26.2 Å². The summed E-state index contributed by atoms with van der Waals surface area (Å²) in [7, 11) is 0. The fourth-order valence-electron chi connectivity index (χ4n) is 4.43. The zero-order valence-corrected chi connectivity index (χ0v) is 22.9. The Morgan fingerprint density at radius 2 is 0.848 bits per heavy atom. The van der Waals surface area contributed by atoms with Crippen molar-refractivity contribution in [1.82, 2.24) is 0 Å². The summed E-state index contributed by atoms with van der Waals surface area (Å²) in [5.41, 5.74) is -0.444. The summed E-state index contributed by atoms with van der Waals surface area (Å²) in [6.07, 6.45) is 24.6. The van der Waals surface area contributed by atoms with Crippen molar-refractivity contribution in [2.24, 2.45) is 5.41 Å². The summed E-state index contributed by atoms with van der Waals surface area (Å²) in [6, 6.07) is 0. The van der Waals surface area contributed by atoms with E-state index in [4.69, 9.17) is 10.2 Å². The number of aliphatic carboxylic acids is 1. The van der Waals surface area contributed by atoms with Gasteiger partial charge in [-0.3, -0.25) is 4.79 Å². The van der Waals surface area contributed by atoms with Gasteiger partial charge in [0.15, 0.2) is 0 Å². The molecule has 0 heterocycles. The standard InChI is InChI=1S/C26H52O2.C3H8O2/c1-4-7-10-13-16-19-22-26(25(27)28,23-20-17-14-11-8-5-2)24-21-18-15-12-9-6-3;1-3(5)2-4/h4-24H2,1-3H3,(H,27,28);3-5H,2H2,1H3. The molecule has 4 nitrogen and oxygen atoms in total. The second kappa shape index (κ2) is 26.0. The van der Waals surface area contributed by atoms with Gasteiger partial charge in [-0.2, -0.15) is 0 Å². The molecule has 4 heteroatoms. The van der Waals surface area contributed by atoms with Crippen molar-refractivity contribution < 1.29 is 20.1 Å². The number of aliphatic hydroxyl groups excluding tert-OH is 2. The Kier molecular flexibility index (Phi) is 27.2. The minimum Gasteiger partial charge on any atom is -0.481 e. The van der Waals surface area contributed by atoms with Crippen LogP contribution in [0, 0.1) is 5.41 Å². The molecule has 0 spiro atoms. The molecule has 1 unspecified atom stereocenters. The lowest BCUT2D eigenvalue weighted by molar-refractivity contribution is -0.150. The predicted octanol–water partition coefficient (Wildman–Crippen LogP) is 8.67. The maximum Gasteiger partial charge on any atom is 0.309 e. The van der Waals surface area contributed by atoms with Crippen molar-refractivity contribution in [3.8, 4) is 0 Å². The van der Waals surface area contributed by atoms with E-state index >= 15 is 0 Å². The van der Waals surface area contributed by atoms with Crippen LogP contribution in [0.15, 0.2) is 0 Å². The van der Waals surface area contributed by atoms with Crippen molar-refractivity contribution in [2.45, 2.75) is 169 Å². The van der Waals surface area contributed by atoms with Crippen LogP contribution in [-0.4, -0.2) is 34.0 Å². The Morgan fingerprint density at radius 3 is 1.06 bits per heavy atom. The third-order valence-corrected chi connectivity index (χ3v) is 6.74. The molecule has 0 rings (SSSR count). The van der Waals surface area contributed by atoms with Gasteiger partial charge in [-0.25, -0.2) is 0 Å². The summed E-state index contributed by atoms with van der Waals surface area (Å²) in [4.78, 5) is 12.3. The van der Waals surface area contributed by atoms with E-state index in [1.54, 1.807) is 0 Å². The van der Waals surface area contributed by atoms with Crippen molar-refractivity contribution in [2.75, 3.05) is 6.61 Å². The van der Waals surface area contributed by atoms with Crippen LogP contribution < -0.4 is 0 Å². The highest BCUT2D eigenvalue weighted by Crippen LogP contribution is 2.38. The Labute approximate surface area is 207 Å². The molecule has 0 aromatic rings. The molecule has 0 aliphatic heterocycles. The number of unbranched alkanes of at least 4 members (excludes halogenated alkanes) is 15. The number of hydrogen-bond donors (Lipinski definition) is 3. The van der Waals surface area contributed by atoms with Crippen LogP contribution in [0.5, 0.6) is 0 Å². The largest absolute Gasteiger partial charge is 0.481 e. The number of carboxylic acid groups (broad SMARTS) is 1. The van der Waals surface area contributed by atoms with Gasteiger partial charge in [0.05, 0.1) is 18.1 Å². The van der Waals surface area contributed by atoms with Crippen LogP contribution in [0.1, 0.15) is 163 Å². The highest BCUT2D eigenvalue weighted by atomic mass is 16.4. The first kappa shape index (κ1) is 34.6. The Morgan fingerprint density at radius 1 is 0.606 bits per heavy atom. The molecule has 0 aliphatic rings. The summed E-state index contributed by atoms with van der Waals surface area (Å²) in [5.74, 6) is -0.511. The van der Waals surface area contributed by atoms with Gasteiger partial charge in [-0.15, -0.1) is 0 Å². The molecular formula is C29H60O4. The normalized spacial score (nSPS) is 12.3. The second-order valence-corrected chi connectivity index (χ2v) is 10.2. The highest BCUT2D eigenvalue weighted by Gasteiger charge is 2.36. The molecule has 0 aromatic heterocycles. The lowest BCUT2D eigenvalue weighted by Gasteiger charge is -2.30. The summed E-state index contributed by atoms with van der Waals surface area (Å²) in [6.45, 7) is 8.13. The van der Waals surface area contributed by atoms with Crippen LogP contribution >= 0.6 is 0 Å². The fraction of sp³-hybridized carbons (Fsp3) is 0.966. The first-order valence-electron chi connectivity index (χ1n) is 14.4. The zero-order valence-electron chi connectivity index (χ0n) is 22.9. The van der Waals surface area contributed by atoms with Crippen molar-refractivity contribution >= 4 is 5.97 Å². The molecule has 0 fully saturated rings. The Bertz CT molecular complexity index is 354. The highest BCUT2D eigenvalue weighted by molar-refractivity contribution is 5.74. The van der Waals surface area contributed by atoms with Gasteiger partial charge in [-0.1, -0.05) is 136 Å². The smallest absolute Gasteiger partial charge is 0.309 e. The van der Waals surface area contributed by atoms with E-state index in [1.165, 1.54) is 103 Å². The molecule has 0 saturated heterocycles. The molecule has 0 aromatic carbocycles. The van der Waals surface area contributed by atoms with Gasteiger partial charge in [0.2, 0.25) is 0 Å². The minimum atomic E-state index is -0.560. The molecule has 3 N–H and O–H groups in total. The number of aliphatic hydroxyl groups is 2. The maximum absolute atomic E-state index is 12.3. The molecule has 0 saturated carbocycles. The van der Waals surface area contributed by atoms with Crippen molar-refractivity contribution in [3.05, 3.63) is 0 Å². The van der Waals surface area contributed by atoms with E-state index in [0.29, 0.717) is 0 Å². The first-order valence-corrected chi connectivity index (χ1v) is 14.4. The Balaban J connectivity index is 0. The predicted molar refractivity (Wildman–Crippen MR) is 143 cm³/mol. The topological polar surface area (TPSA) is 77.8 Å². The molecule has 0 amide bonds. The third kappa shape index (κ3) is 22.9. The average Bonchev–Trinajstić information content (AvgIpc) is 2.80. The fourth-order valence-corrected chi connectivity index (χ4v) is 4.43. The monoisotopic (exact) mass is 472 g/mol. The molecule has 200 valence electrons. The quantitative estimate of drug-likeness (QED) is 0.130. The van der Waals surface area contributed by atoms with Crippen LogP contribution in [0.25, 0.3) is 0 Å². The van der Waals surface area contributed by atoms with Crippen molar-refractivity contribution in [3.63, 3.8) is 0 Å². The maximum atomic E-state index is 12.3. The number of rotatable bonds is 23. The number of carbonyl (C=O) groups is 1. The number of carboxylic acids is 1. The van der Waals surface area contributed by atoms with Crippen LogP contribution in [0.2, 0.25) is 0 Å². The average molecular weight is 473 g/mol. The molecule has 0 aliphatic carbocycles. The van der Waals surface area contributed by atoms with Crippen LogP contribution in [0.4, 0.5) is 0 Å². The second-order valence-electron chi connectivity index (χ2n) is 10.2. The van der Waals surface area contributed by atoms with Gasteiger partial charge in [0.1, 0.15) is 0 Å². The number of hydrogen-bond acceptors (Lipinski definition) is 3. The summed E-state index contributed by atoms with van der Waals surface area (Å²) in [5, 5.41) is 26.2. The molecule has 1 atom stereocenters. The van der Waals surface area contributed by atoms with Gasteiger partial charge in [0, 0.05) is 0 Å². The van der Waals surface area contributed by atoms with Crippen LogP contribution in [0.3, 0.4) is 0 Å². The van der Waals surface area contributed by atoms with E-state index in [1.807, 2.05) is 0 Å². The lowest BCUT2D eigenvalue weighted by Crippen LogP contribution is -2.31. The summed E-state index contributed by atoms with van der Waals surface area (Å²) < 4.78 is 0. The van der Waals surface area contributed by atoms with Crippen LogP contribution in [-0.2, 0) is 4.79 Å². The van der Waals surface area contributed by atoms with Crippen molar-refractivity contribution in [1.29, 1.82) is 0 Å². The van der Waals surface area contributed by atoms with E-state index < -0.39 is 17.5 Å².